The number of pyridine rings is 1. The predicted molar refractivity (Wildman–Crippen MR) is 129 cm³/mol. The van der Waals surface area contributed by atoms with E-state index in [1.54, 1.807) is 45.9 Å². The molecule has 5 rings (SSSR count). The van der Waals surface area contributed by atoms with Crippen LogP contribution in [-0.2, 0) is 11.6 Å². The fourth-order valence-corrected chi connectivity index (χ4v) is 5.55. The van der Waals surface area contributed by atoms with Gasteiger partial charge in [-0.05, 0) is 61.6 Å². The maximum Gasteiger partial charge on any atom is 0.416 e. The molecule has 3 aromatic rings. The van der Waals surface area contributed by atoms with Crippen molar-refractivity contribution in [3.05, 3.63) is 71.0 Å². The SMILES string of the molecule is O=C(NCC1(c2ccc(C(F)(F)F)cc2)CCCCC1)c1cccn2nc(C(=O)N3CCCC3)cc12. The molecule has 1 aromatic carbocycles. The number of nitrogens with one attached hydrogen (secondary N) is 1. The minimum Gasteiger partial charge on any atom is -0.351 e. The molecule has 0 atom stereocenters. The second-order valence-corrected chi connectivity index (χ2v) is 9.88. The lowest BCUT2D eigenvalue weighted by molar-refractivity contribution is -0.137. The second kappa shape index (κ2) is 9.59. The number of alkyl halides is 3. The van der Waals surface area contributed by atoms with Gasteiger partial charge in [0.25, 0.3) is 11.8 Å². The van der Waals surface area contributed by atoms with Crippen LogP contribution in [0.5, 0.6) is 0 Å². The Morgan fingerprint density at radius 3 is 2.33 bits per heavy atom. The van der Waals surface area contributed by atoms with Crippen molar-refractivity contribution in [2.75, 3.05) is 19.6 Å². The quantitative estimate of drug-likeness (QED) is 0.525. The lowest BCUT2D eigenvalue weighted by Gasteiger charge is -2.38. The molecule has 2 aromatic heterocycles. The molecule has 1 N–H and O–H groups in total. The molecule has 0 bridgehead atoms. The summed E-state index contributed by atoms with van der Waals surface area (Å²) in [5.74, 6) is -0.427. The van der Waals surface area contributed by atoms with Crippen LogP contribution < -0.4 is 5.32 Å². The Kier molecular flexibility index (Phi) is 6.49. The van der Waals surface area contributed by atoms with Gasteiger partial charge in [0.15, 0.2) is 5.69 Å². The van der Waals surface area contributed by atoms with Gasteiger partial charge in [-0.3, -0.25) is 9.59 Å². The van der Waals surface area contributed by atoms with Gasteiger partial charge in [0.2, 0.25) is 0 Å². The van der Waals surface area contributed by atoms with Crippen LogP contribution >= 0.6 is 0 Å². The number of carbonyl (C=O) groups excluding carboxylic acids is 2. The van der Waals surface area contributed by atoms with Crippen molar-refractivity contribution in [3.63, 3.8) is 0 Å². The fourth-order valence-electron chi connectivity index (χ4n) is 5.55. The summed E-state index contributed by atoms with van der Waals surface area (Å²) in [7, 11) is 0. The summed E-state index contributed by atoms with van der Waals surface area (Å²) >= 11 is 0. The molecule has 1 aliphatic carbocycles. The normalized spacial score (nSPS) is 17.9. The van der Waals surface area contributed by atoms with Gasteiger partial charge in [-0.1, -0.05) is 31.4 Å². The predicted octanol–water partition coefficient (Wildman–Crippen LogP) is 5.22. The number of halogens is 3. The highest BCUT2D eigenvalue weighted by molar-refractivity contribution is 6.02. The molecule has 1 saturated carbocycles. The van der Waals surface area contributed by atoms with Gasteiger partial charge in [-0.15, -0.1) is 0 Å². The molecule has 1 saturated heterocycles. The van der Waals surface area contributed by atoms with Gasteiger partial charge in [0.1, 0.15) is 0 Å². The van der Waals surface area contributed by atoms with E-state index in [4.69, 9.17) is 0 Å². The molecule has 190 valence electrons. The van der Waals surface area contributed by atoms with E-state index < -0.39 is 17.2 Å². The summed E-state index contributed by atoms with van der Waals surface area (Å²) in [6.45, 7) is 1.75. The summed E-state index contributed by atoms with van der Waals surface area (Å²) in [4.78, 5) is 27.9. The van der Waals surface area contributed by atoms with Crippen LogP contribution in [0, 0.1) is 0 Å². The second-order valence-electron chi connectivity index (χ2n) is 9.88. The van der Waals surface area contributed by atoms with Crippen molar-refractivity contribution in [1.82, 2.24) is 19.8 Å². The average Bonchev–Trinajstić information content (AvgIpc) is 3.57. The topological polar surface area (TPSA) is 66.7 Å². The van der Waals surface area contributed by atoms with Crippen molar-refractivity contribution < 1.29 is 22.8 Å². The standard InChI is InChI=1S/C27H29F3N4O2/c28-27(29,30)20-10-8-19(9-11-20)26(12-2-1-3-13-26)18-31-24(35)21-7-6-16-34-23(21)17-22(32-34)25(36)33-14-4-5-15-33/h6-11,16-17H,1-5,12-15,18H2,(H,31,35). The highest BCUT2D eigenvalue weighted by Gasteiger charge is 2.36. The summed E-state index contributed by atoms with van der Waals surface area (Å²) in [6, 6.07) is 10.4. The van der Waals surface area contributed by atoms with Gasteiger partial charge >= 0.3 is 6.18 Å². The molecule has 36 heavy (non-hydrogen) atoms. The number of hydrogen-bond donors (Lipinski definition) is 1. The molecule has 0 unspecified atom stereocenters. The lowest BCUT2D eigenvalue weighted by atomic mass is 9.69. The summed E-state index contributed by atoms with van der Waals surface area (Å²) in [5.41, 5.74) is 0.990. The number of fused-ring (bicyclic) bond motifs is 1. The van der Waals surface area contributed by atoms with E-state index in [-0.39, 0.29) is 11.8 Å². The first-order valence-corrected chi connectivity index (χ1v) is 12.5. The van der Waals surface area contributed by atoms with Crippen LogP contribution in [-0.4, -0.2) is 46.0 Å². The fraction of sp³-hybridized carbons (Fsp3) is 0.444. The molecule has 6 nitrogen and oxygen atoms in total. The Morgan fingerprint density at radius 1 is 0.972 bits per heavy atom. The monoisotopic (exact) mass is 498 g/mol. The Labute approximate surface area is 207 Å². The van der Waals surface area contributed by atoms with E-state index >= 15 is 0 Å². The summed E-state index contributed by atoms with van der Waals surface area (Å²) in [6.07, 6.45) is 3.85. The van der Waals surface area contributed by atoms with Crippen LogP contribution in [0.3, 0.4) is 0 Å². The first-order valence-electron chi connectivity index (χ1n) is 12.5. The summed E-state index contributed by atoms with van der Waals surface area (Å²) < 4.78 is 40.8. The third-order valence-corrected chi connectivity index (χ3v) is 7.58. The van der Waals surface area contributed by atoms with Gasteiger partial charge in [0, 0.05) is 31.2 Å². The van der Waals surface area contributed by atoms with E-state index in [2.05, 4.69) is 10.4 Å². The Bertz CT molecular complexity index is 1250. The van der Waals surface area contributed by atoms with Crippen molar-refractivity contribution in [1.29, 1.82) is 0 Å². The molecule has 2 fully saturated rings. The van der Waals surface area contributed by atoms with Crippen LogP contribution in [0.25, 0.3) is 5.52 Å². The third-order valence-electron chi connectivity index (χ3n) is 7.58. The Balaban J connectivity index is 1.37. The van der Waals surface area contributed by atoms with E-state index in [0.717, 1.165) is 62.6 Å². The minimum absolute atomic E-state index is 0.133. The van der Waals surface area contributed by atoms with E-state index in [1.807, 2.05) is 0 Å². The smallest absolute Gasteiger partial charge is 0.351 e. The first-order chi connectivity index (χ1) is 17.3. The van der Waals surface area contributed by atoms with Crippen LogP contribution in [0.4, 0.5) is 13.2 Å². The molecule has 3 heterocycles. The van der Waals surface area contributed by atoms with Crippen LogP contribution in [0.15, 0.2) is 48.7 Å². The van der Waals surface area contributed by atoms with Gasteiger partial charge in [-0.25, -0.2) is 4.52 Å². The largest absolute Gasteiger partial charge is 0.416 e. The Morgan fingerprint density at radius 2 is 1.67 bits per heavy atom. The average molecular weight is 499 g/mol. The minimum atomic E-state index is -4.38. The number of amides is 2. The van der Waals surface area contributed by atoms with E-state index in [9.17, 15) is 22.8 Å². The molecule has 1 aliphatic heterocycles. The molecule has 0 spiro atoms. The number of aromatic nitrogens is 2. The maximum atomic E-state index is 13.3. The van der Waals surface area contributed by atoms with E-state index in [0.29, 0.717) is 36.4 Å². The van der Waals surface area contributed by atoms with Gasteiger partial charge in [-0.2, -0.15) is 18.3 Å². The van der Waals surface area contributed by atoms with Crippen molar-refractivity contribution in [2.45, 2.75) is 56.5 Å². The van der Waals surface area contributed by atoms with Crippen LogP contribution in [0.2, 0.25) is 0 Å². The number of benzene rings is 1. The molecular weight excluding hydrogens is 469 g/mol. The number of nitrogens with zero attached hydrogens (tertiary/aromatic N) is 3. The lowest BCUT2D eigenvalue weighted by Crippen LogP contribution is -2.42. The van der Waals surface area contributed by atoms with Gasteiger partial charge < -0.3 is 10.2 Å². The molecule has 2 aliphatic rings. The highest BCUT2D eigenvalue weighted by atomic mass is 19.4. The van der Waals surface area contributed by atoms with Crippen molar-refractivity contribution >= 4 is 17.3 Å². The molecule has 2 amide bonds. The number of likely N-dealkylation sites (tertiary alicyclic amines) is 1. The van der Waals surface area contributed by atoms with Crippen LogP contribution in [0.1, 0.15) is 76.9 Å². The molecular formula is C27H29F3N4O2. The first kappa shape index (κ1) is 24.3. The third kappa shape index (κ3) is 4.70. The number of rotatable bonds is 5. The van der Waals surface area contributed by atoms with E-state index in [1.165, 1.54) is 0 Å². The van der Waals surface area contributed by atoms with Gasteiger partial charge in [0.05, 0.1) is 16.6 Å². The molecule has 0 radical (unpaired) electrons. The number of hydrogen-bond acceptors (Lipinski definition) is 3. The zero-order chi connectivity index (χ0) is 25.3. The van der Waals surface area contributed by atoms with Crippen molar-refractivity contribution in [2.24, 2.45) is 0 Å². The van der Waals surface area contributed by atoms with Crippen molar-refractivity contribution in [3.8, 4) is 0 Å². The Hall–Kier alpha value is -3.36. The zero-order valence-electron chi connectivity index (χ0n) is 20.0. The summed E-state index contributed by atoms with van der Waals surface area (Å²) in [5, 5.41) is 7.43. The molecule has 9 heteroatoms. The maximum absolute atomic E-state index is 13.3. The highest BCUT2D eigenvalue weighted by Crippen LogP contribution is 2.40. The number of carbonyl (C=O) groups is 2. The zero-order valence-corrected chi connectivity index (χ0v) is 20.0.